The van der Waals surface area contributed by atoms with Gasteiger partial charge in [0.05, 0.1) is 0 Å². The zero-order valence-electron chi connectivity index (χ0n) is 17.8. The third kappa shape index (κ3) is 5.08. The lowest BCUT2D eigenvalue weighted by Gasteiger charge is -2.38. The number of ether oxygens (including phenoxy) is 2. The molecule has 1 aliphatic carbocycles. The smallest absolute Gasteiger partial charge is 0.244 e. The van der Waals surface area contributed by atoms with Crippen LogP contribution in [0.15, 0.2) is 48.5 Å². The van der Waals surface area contributed by atoms with Gasteiger partial charge >= 0.3 is 0 Å². The number of fused-ring (bicyclic) bond motifs is 1. The lowest BCUT2D eigenvalue weighted by Crippen LogP contribution is -2.41. The van der Waals surface area contributed by atoms with Crippen LogP contribution in [0.2, 0.25) is 0 Å². The summed E-state index contributed by atoms with van der Waals surface area (Å²) in [7, 11) is 0. The number of anilines is 1. The summed E-state index contributed by atoms with van der Waals surface area (Å²) in [5.74, 6) is 1.35. The Labute approximate surface area is 182 Å². The lowest BCUT2D eigenvalue weighted by atomic mass is 9.69. The molecule has 2 aromatic rings. The van der Waals surface area contributed by atoms with Gasteiger partial charge in [-0.15, -0.1) is 0 Å². The van der Waals surface area contributed by atoms with Crippen molar-refractivity contribution in [2.45, 2.75) is 44.4 Å². The zero-order valence-corrected chi connectivity index (χ0v) is 17.8. The first kappa shape index (κ1) is 21.0. The van der Waals surface area contributed by atoms with Crippen molar-refractivity contribution >= 4 is 23.6 Å². The van der Waals surface area contributed by atoms with Crippen LogP contribution in [0.1, 0.15) is 50.2 Å². The van der Waals surface area contributed by atoms with Gasteiger partial charge in [0.2, 0.25) is 18.6 Å². The monoisotopic (exact) mass is 420 g/mol. The molecule has 2 N–H and O–H groups in total. The molecule has 1 fully saturated rings. The number of hydrogen-bond donors (Lipinski definition) is 2. The van der Waals surface area contributed by atoms with E-state index in [4.69, 9.17) is 9.47 Å². The average molecular weight is 421 g/mol. The van der Waals surface area contributed by atoms with Gasteiger partial charge in [0, 0.05) is 30.6 Å². The molecule has 0 spiro atoms. The number of hydrogen-bond acceptors (Lipinski definition) is 4. The van der Waals surface area contributed by atoms with E-state index >= 15 is 0 Å². The summed E-state index contributed by atoms with van der Waals surface area (Å²) in [5, 5.41) is 5.84. The van der Waals surface area contributed by atoms with Crippen LogP contribution >= 0.6 is 0 Å². The highest BCUT2D eigenvalue weighted by atomic mass is 16.7. The minimum Gasteiger partial charge on any atom is -0.454 e. The molecule has 1 aliphatic heterocycles. The van der Waals surface area contributed by atoms with Gasteiger partial charge in [0.1, 0.15) is 0 Å². The molecule has 0 bridgehead atoms. The Morgan fingerprint density at radius 1 is 1.00 bits per heavy atom. The van der Waals surface area contributed by atoms with Gasteiger partial charge in [0.15, 0.2) is 11.5 Å². The van der Waals surface area contributed by atoms with E-state index in [-0.39, 0.29) is 24.0 Å². The third-order valence-electron chi connectivity index (χ3n) is 6.05. The van der Waals surface area contributed by atoms with Crippen LogP contribution in [0.4, 0.5) is 5.69 Å². The second-order valence-corrected chi connectivity index (χ2v) is 8.26. The standard InChI is InChI=1S/C25H28N2O4/c1-18(28)27-21-9-5-19(6-10-21)7-12-24(29)26-16-25(13-3-2-4-14-25)20-8-11-22-23(15-20)31-17-30-22/h5-12,15H,2-4,13-14,16-17H2,1H3,(H,26,29)(H,27,28). The molecular formula is C25H28N2O4. The molecule has 6 nitrogen and oxygen atoms in total. The molecule has 2 aromatic carbocycles. The number of rotatable bonds is 6. The lowest BCUT2D eigenvalue weighted by molar-refractivity contribution is -0.117. The van der Waals surface area contributed by atoms with E-state index in [1.165, 1.54) is 18.9 Å². The molecule has 1 heterocycles. The highest BCUT2D eigenvalue weighted by molar-refractivity contribution is 5.92. The van der Waals surface area contributed by atoms with Crippen LogP contribution in [0.25, 0.3) is 6.08 Å². The second kappa shape index (κ2) is 9.25. The molecule has 31 heavy (non-hydrogen) atoms. The summed E-state index contributed by atoms with van der Waals surface area (Å²) in [6.07, 6.45) is 8.96. The van der Waals surface area contributed by atoms with Gasteiger partial charge < -0.3 is 20.1 Å². The SMILES string of the molecule is CC(=O)Nc1ccc(C=CC(=O)NCC2(c3ccc4c(c3)OCO4)CCCCC2)cc1. The highest BCUT2D eigenvalue weighted by Gasteiger charge is 2.35. The quantitative estimate of drug-likeness (QED) is 0.679. The molecule has 1 saturated carbocycles. The summed E-state index contributed by atoms with van der Waals surface area (Å²) < 4.78 is 11.0. The Bertz CT molecular complexity index is 976. The van der Waals surface area contributed by atoms with Crippen molar-refractivity contribution < 1.29 is 19.1 Å². The van der Waals surface area contributed by atoms with E-state index in [2.05, 4.69) is 22.8 Å². The Morgan fingerprint density at radius 3 is 2.48 bits per heavy atom. The molecule has 0 unspecified atom stereocenters. The maximum Gasteiger partial charge on any atom is 0.244 e. The van der Waals surface area contributed by atoms with Gasteiger partial charge in [-0.25, -0.2) is 0 Å². The normalized spacial score (nSPS) is 16.8. The summed E-state index contributed by atoms with van der Waals surface area (Å²) in [4.78, 5) is 23.6. The first-order chi connectivity index (χ1) is 15.0. The minimum absolute atomic E-state index is 0.0806. The Morgan fingerprint density at radius 2 is 1.74 bits per heavy atom. The van der Waals surface area contributed by atoms with Crippen LogP contribution in [0.5, 0.6) is 11.5 Å². The Balaban J connectivity index is 1.41. The predicted octanol–water partition coefficient (Wildman–Crippen LogP) is 4.41. The van der Waals surface area contributed by atoms with E-state index in [0.29, 0.717) is 6.54 Å². The molecule has 2 amide bonds. The van der Waals surface area contributed by atoms with Gasteiger partial charge in [-0.1, -0.05) is 37.5 Å². The molecule has 4 rings (SSSR count). The first-order valence-corrected chi connectivity index (χ1v) is 10.8. The van der Waals surface area contributed by atoms with Gasteiger partial charge in [-0.05, 0) is 54.3 Å². The highest BCUT2D eigenvalue weighted by Crippen LogP contribution is 2.43. The zero-order chi connectivity index (χ0) is 21.7. The van der Waals surface area contributed by atoms with Crippen molar-refractivity contribution in [1.29, 1.82) is 0 Å². The second-order valence-electron chi connectivity index (χ2n) is 8.26. The molecule has 0 saturated heterocycles. The Hall–Kier alpha value is -3.28. The number of carbonyl (C=O) groups excluding carboxylic acids is 2. The van der Waals surface area contributed by atoms with Gasteiger partial charge in [0.25, 0.3) is 0 Å². The summed E-state index contributed by atoms with van der Waals surface area (Å²) in [6.45, 7) is 2.33. The molecule has 0 atom stereocenters. The van der Waals surface area contributed by atoms with E-state index in [0.717, 1.165) is 48.4 Å². The van der Waals surface area contributed by atoms with Crippen LogP contribution < -0.4 is 20.1 Å². The van der Waals surface area contributed by atoms with Crippen LogP contribution in [-0.4, -0.2) is 25.2 Å². The van der Waals surface area contributed by atoms with E-state index in [1.807, 2.05) is 30.3 Å². The van der Waals surface area contributed by atoms with Crippen LogP contribution in [0.3, 0.4) is 0 Å². The minimum atomic E-state index is -0.114. The van der Waals surface area contributed by atoms with Crippen molar-refractivity contribution in [1.82, 2.24) is 5.32 Å². The fraction of sp³-hybridized carbons (Fsp3) is 0.360. The van der Waals surface area contributed by atoms with E-state index in [1.54, 1.807) is 12.2 Å². The Kier molecular flexibility index (Phi) is 6.26. The number of nitrogens with one attached hydrogen (secondary N) is 2. The summed E-state index contributed by atoms with van der Waals surface area (Å²) in [6, 6.07) is 13.5. The molecule has 2 aliphatic rings. The van der Waals surface area contributed by atoms with Gasteiger partial charge in [-0.2, -0.15) is 0 Å². The van der Waals surface area contributed by atoms with Crippen LogP contribution in [-0.2, 0) is 15.0 Å². The van der Waals surface area contributed by atoms with E-state index < -0.39 is 0 Å². The third-order valence-corrected chi connectivity index (χ3v) is 6.05. The predicted molar refractivity (Wildman–Crippen MR) is 120 cm³/mol. The fourth-order valence-electron chi connectivity index (χ4n) is 4.39. The van der Waals surface area contributed by atoms with Crippen molar-refractivity contribution in [3.63, 3.8) is 0 Å². The topological polar surface area (TPSA) is 76.7 Å². The van der Waals surface area contributed by atoms with Crippen molar-refractivity contribution in [2.24, 2.45) is 0 Å². The maximum absolute atomic E-state index is 12.5. The molecule has 0 radical (unpaired) electrons. The van der Waals surface area contributed by atoms with E-state index in [9.17, 15) is 9.59 Å². The largest absolute Gasteiger partial charge is 0.454 e. The van der Waals surface area contributed by atoms with Gasteiger partial charge in [-0.3, -0.25) is 9.59 Å². The van der Waals surface area contributed by atoms with Crippen molar-refractivity contribution in [2.75, 3.05) is 18.7 Å². The van der Waals surface area contributed by atoms with Crippen molar-refractivity contribution in [3.05, 3.63) is 59.7 Å². The maximum atomic E-state index is 12.5. The molecule has 0 aromatic heterocycles. The first-order valence-electron chi connectivity index (χ1n) is 10.8. The molecule has 6 heteroatoms. The molecule has 162 valence electrons. The average Bonchev–Trinajstić information content (AvgIpc) is 3.25. The van der Waals surface area contributed by atoms with Crippen LogP contribution in [0, 0.1) is 0 Å². The summed E-state index contributed by atoms with van der Waals surface area (Å²) >= 11 is 0. The summed E-state index contributed by atoms with van der Waals surface area (Å²) in [5.41, 5.74) is 2.75. The number of benzene rings is 2. The number of amides is 2. The number of carbonyl (C=O) groups is 2. The molecular weight excluding hydrogens is 392 g/mol. The fourth-order valence-corrected chi connectivity index (χ4v) is 4.39. The van der Waals surface area contributed by atoms with Crippen molar-refractivity contribution in [3.8, 4) is 11.5 Å².